The Morgan fingerprint density at radius 3 is 2.48 bits per heavy atom. The molecule has 0 aliphatic carbocycles. The van der Waals surface area contributed by atoms with Gasteiger partial charge < -0.3 is 4.90 Å². The van der Waals surface area contributed by atoms with E-state index in [1.54, 1.807) is 12.2 Å². The van der Waals surface area contributed by atoms with Crippen LogP contribution in [0.15, 0.2) is 55.0 Å². The Hall–Kier alpha value is -2.94. The van der Waals surface area contributed by atoms with Crippen LogP contribution >= 0.6 is 11.3 Å². The first-order chi connectivity index (χ1) is 12.8. The molecular weight excluding hydrogens is 379 g/mol. The molecule has 0 atom stereocenters. The van der Waals surface area contributed by atoms with E-state index in [2.05, 4.69) is 23.5 Å². The van der Waals surface area contributed by atoms with E-state index in [-0.39, 0.29) is 22.3 Å². The van der Waals surface area contributed by atoms with Crippen LogP contribution in [0.1, 0.15) is 26.4 Å². The Balaban J connectivity index is 2.13. The second-order valence-corrected chi connectivity index (χ2v) is 6.22. The standard InChI is InChI=1S/C18H16F3N3O2S/c1-3-8-24(9-4-2)16(26)14-11-27-17(22-14)23-15(25)12-6-5-7-13(10-12)18(19,20)21/h3-7,10-11H,1-2,8-9H2,(H,22,23,25). The number of carbonyl (C=O) groups is 2. The third kappa shape index (κ3) is 5.27. The van der Waals surface area contributed by atoms with Crippen molar-refractivity contribution in [1.29, 1.82) is 0 Å². The lowest BCUT2D eigenvalue weighted by Gasteiger charge is -2.17. The van der Waals surface area contributed by atoms with Gasteiger partial charge in [-0.3, -0.25) is 14.9 Å². The topological polar surface area (TPSA) is 62.3 Å². The van der Waals surface area contributed by atoms with Crippen molar-refractivity contribution in [3.63, 3.8) is 0 Å². The van der Waals surface area contributed by atoms with Crippen molar-refractivity contribution in [3.05, 3.63) is 71.8 Å². The zero-order valence-corrected chi connectivity index (χ0v) is 14.9. The number of nitrogens with one attached hydrogen (secondary N) is 1. The van der Waals surface area contributed by atoms with E-state index in [0.29, 0.717) is 13.1 Å². The molecule has 0 fully saturated rings. The van der Waals surface area contributed by atoms with Gasteiger partial charge in [-0.15, -0.1) is 24.5 Å². The average Bonchev–Trinajstić information content (AvgIpc) is 3.08. The molecule has 0 aliphatic rings. The lowest BCUT2D eigenvalue weighted by molar-refractivity contribution is -0.137. The maximum Gasteiger partial charge on any atom is 0.416 e. The number of anilines is 1. The molecule has 1 aromatic heterocycles. The van der Waals surface area contributed by atoms with Crippen LogP contribution in [0.2, 0.25) is 0 Å². The molecule has 1 aromatic carbocycles. The number of thiazole rings is 1. The van der Waals surface area contributed by atoms with Crippen LogP contribution in [0.4, 0.5) is 18.3 Å². The third-order valence-electron chi connectivity index (χ3n) is 3.38. The number of aromatic nitrogens is 1. The molecule has 9 heteroatoms. The molecule has 2 aromatic rings. The number of amides is 2. The van der Waals surface area contributed by atoms with Crippen molar-refractivity contribution in [3.8, 4) is 0 Å². The number of nitrogens with zero attached hydrogens (tertiary/aromatic N) is 2. The van der Waals surface area contributed by atoms with Crippen molar-refractivity contribution in [2.75, 3.05) is 18.4 Å². The summed E-state index contributed by atoms with van der Waals surface area (Å²) >= 11 is 1.000. The molecule has 0 unspecified atom stereocenters. The second-order valence-electron chi connectivity index (χ2n) is 5.36. The van der Waals surface area contributed by atoms with Gasteiger partial charge in [0, 0.05) is 24.0 Å². The molecule has 0 radical (unpaired) electrons. The first-order valence-corrected chi connectivity index (χ1v) is 8.59. The Labute approximate surface area is 157 Å². The van der Waals surface area contributed by atoms with E-state index in [9.17, 15) is 22.8 Å². The summed E-state index contributed by atoms with van der Waals surface area (Å²) in [4.78, 5) is 30.1. The monoisotopic (exact) mass is 395 g/mol. The van der Waals surface area contributed by atoms with E-state index in [1.807, 2.05) is 0 Å². The lowest BCUT2D eigenvalue weighted by Crippen LogP contribution is -2.31. The average molecular weight is 395 g/mol. The summed E-state index contributed by atoms with van der Waals surface area (Å²) < 4.78 is 38.3. The quantitative estimate of drug-likeness (QED) is 0.714. The van der Waals surface area contributed by atoms with Gasteiger partial charge in [0.15, 0.2) is 5.13 Å². The Morgan fingerprint density at radius 1 is 1.22 bits per heavy atom. The van der Waals surface area contributed by atoms with E-state index in [1.165, 1.54) is 16.3 Å². The normalized spacial score (nSPS) is 10.9. The minimum Gasteiger partial charge on any atom is -0.330 e. The first kappa shape index (κ1) is 20.4. The van der Waals surface area contributed by atoms with Crippen molar-refractivity contribution in [1.82, 2.24) is 9.88 Å². The molecule has 2 amide bonds. The fourth-order valence-corrected chi connectivity index (χ4v) is 2.83. The summed E-state index contributed by atoms with van der Waals surface area (Å²) in [5.74, 6) is -1.12. The molecule has 2 rings (SSSR count). The molecule has 0 bridgehead atoms. The van der Waals surface area contributed by atoms with Gasteiger partial charge >= 0.3 is 6.18 Å². The molecular formula is C18H16F3N3O2S. The van der Waals surface area contributed by atoms with Crippen molar-refractivity contribution in [2.45, 2.75) is 6.18 Å². The van der Waals surface area contributed by atoms with Gasteiger partial charge in [-0.25, -0.2) is 4.98 Å². The zero-order valence-electron chi connectivity index (χ0n) is 14.1. The lowest BCUT2D eigenvalue weighted by atomic mass is 10.1. The third-order valence-corrected chi connectivity index (χ3v) is 4.14. The summed E-state index contributed by atoms with van der Waals surface area (Å²) in [6.45, 7) is 7.76. The van der Waals surface area contributed by atoms with Crippen molar-refractivity contribution < 1.29 is 22.8 Å². The number of alkyl halides is 3. The molecule has 0 spiro atoms. The number of hydrogen-bond acceptors (Lipinski definition) is 4. The fourth-order valence-electron chi connectivity index (χ4n) is 2.15. The Morgan fingerprint density at radius 2 is 1.89 bits per heavy atom. The minimum atomic E-state index is -4.54. The van der Waals surface area contributed by atoms with E-state index in [4.69, 9.17) is 0 Å². The summed E-state index contributed by atoms with van der Waals surface area (Å²) in [7, 11) is 0. The minimum absolute atomic E-state index is 0.109. The van der Waals surface area contributed by atoms with Crippen molar-refractivity contribution >= 4 is 28.3 Å². The molecule has 1 N–H and O–H groups in total. The van der Waals surface area contributed by atoms with Crippen LogP contribution in [0.25, 0.3) is 0 Å². The van der Waals surface area contributed by atoms with Gasteiger partial charge in [-0.2, -0.15) is 13.2 Å². The van der Waals surface area contributed by atoms with Crippen LogP contribution in [-0.4, -0.2) is 34.8 Å². The fraction of sp³-hybridized carbons (Fsp3) is 0.167. The molecule has 27 heavy (non-hydrogen) atoms. The van der Waals surface area contributed by atoms with Crippen LogP contribution in [0, 0.1) is 0 Å². The highest BCUT2D eigenvalue weighted by Gasteiger charge is 2.31. The maximum atomic E-state index is 12.8. The van der Waals surface area contributed by atoms with Gasteiger partial charge in [0.1, 0.15) is 5.69 Å². The summed E-state index contributed by atoms with van der Waals surface area (Å²) in [6.07, 6.45) is -1.43. The largest absolute Gasteiger partial charge is 0.416 e. The highest BCUT2D eigenvalue weighted by atomic mass is 32.1. The van der Waals surface area contributed by atoms with Gasteiger partial charge in [0.25, 0.3) is 11.8 Å². The molecule has 0 saturated carbocycles. The van der Waals surface area contributed by atoms with Crippen LogP contribution < -0.4 is 5.32 Å². The van der Waals surface area contributed by atoms with Gasteiger partial charge in [0.2, 0.25) is 0 Å². The Kier molecular flexibility index (Phi) is 6.51. The van der Waals surface area contributed by atoms with Crippen LogP contribution in [-0.2, 0) is 6.18 Å². The van der Waals surface area contributed by atoms with Crippen LogP contribution in [0.5, 0.6) is 0 Å². The summed E-state index contributed by atoms with van der Waals surface area (Å²) in [6, 6.07) is 4.05. The highest BCUT2D eigenvalue weighted by molar-refractivity contribution is 7.14. The first-order valence-electron chi connectivity index (χ1n) is 7.71. The van der Waals surface area contributed by atoms with Crippen LogP contribution in [0.3, 0.4) is 0 Å². The molecule has 0 saturated heterocycles. The Bertz CT molecular complexity index is 852. The predicted octanol–water partition coefficient (Wildman–Crippen LogP) is 4.23. The summed E-state index contributed by atoms with van der Waals surface area (Å²) in [5.41, 5.74) is -0.967. The highest BCUT2D eigenvalue weighted by Crippen LogP contribution is 2.29. The second kappa shape index (κ2) is 8.63. The number of benzene rings is 1. The number of carbonyl (C=O) groups excluding carboxylic acids is 2. The number of hydrogen-bond donors (Lipinski definition) is 1. The molecule has 1 heterocycles. The smallest absolute Gasteiger partial charge is 0.330 e. The van der Waals surface area contributed by atoms with E-state index < -0.39 is 17.6 Å². The van der Waals surface area contributed by atoms with Gasteiger partial charge in [-0.05, 0) is 18.2 Å². The van der Waals surface area contributed by atoms with Gasteiger partial charge in [-0.1, -0.05) is 18.2 Å². The number of rotatable bonds is 7. The maximum absolute atomic E-state index is 12.8. The zero-order chi connectivity index (χ0) is 20.0. The van der Waals surface area contributed by atoms with E-state index in [0.717, 1.165) is 29.5 Å². The molecule has 0 aliphatic heterocycles. The van der Waals surface area contributed by atoms with Gasteiger partial charge in [0.05, 0.1) is 5.56 Å². The van der Waals surface area contributed by atoms with Crippen molar-refractivity contribution in [2.24, 2.45) is 0 Å². The van der Waals surface area contributed by atoms with E-state index >= 15 is 0 Å². The predicted molar refractivity (Wildman–Crippen MR) is 97.8 cm³/mol. The molecule has 142 valence electrons. The SMILES string of the molecule is C=CCN(CC=C)C(=O)c1csc(NC(=O)c2cccc(C(F)(F)F)c2)n1. The number of halogens is 3. The molecule has 5 nitrogen and oxygen atoms in total. The summed E-state index contributed by atoms with van der Waals surface area (Å²) in [5, 5.41) is 3.98.